The number of anilines is 1. The quantitative estimate of drug-likeness (QED) is 0.884. The van der Waals surface area contributed by atoms with Gasteiger partial charge in [-0.1, -0.05) is 6.07 Å². The summed E-state index contributed by atoms with van der Waals surface area (Å²) in [5.74, 6) is 0.980. The molecule has 0 aliphatic carbocycles. The number of nitrogens with zero attached hydrogens (tertiary/aromatic N) is 1. The zero-order valence-electron chi connectivity index (χ0n) is 14.3. The maximum Gasteiger partial charge on any atom is 0.265 e. The zero-order valence-corrected chi connectivity index (χ0v) is 14.3. The van der Waals surface area contributed by atoms with Crippen molar-refractivity contribution in [2.45, 2.75) is 32.3 Å². The number of benzene rings is 1. The summed E-state index contributed by atoms with van der Waals surface area (Å²) in [4.78, 5) is 26.5. The van der Waals surface area contributed by atoms with Crippen LogP contribution in [0.2, 0.25) is 0 Å². The van der Waals surface area contributed by atoms with E-state index in [2.05, 4.69) is 10.6 Å². The van der Waals surface area contributed by atoms with Crippen LogP contribution in [0.5, 0.6) is 5.75 Å². The van der Waals surface area contributed by atoms with Gasteiger partial charge in [-0.05, 0) is 57.8 Å². The molecule has 6 nitrogen and oxygen atoms in total. The molecule has 0 radical (unpaired) electrons. The van der Waals surface area contributed by atoms with Gasteiger partial charge in [0.1, 0.15) is 0 Å². The van der Waals surface area contributed by atoms with Gasteiger partial charge in [0.25, 0.3) is 11.8 Å². The summed E-state index contributed by atoms with van der Waals surface area (Å²) in [6, 6.07) is 5.32. The smallest absolute Gasteiger partial charge is 0.265 e. The van der Waals surface area contributed by atoms with Crippen LogP contribution < -0.4 is 15.4 Å². The number of carbonyl (C=O) groups excluding carboxylic acids is 2. The van der Waals surface area contributed by atoms with Crippen molar-refractivity contribution in [2.24, 2.45) is 5.92 Å². The Kier molecular flexibility index (Phi) is 5.04. The second kappa shape index (κ2) is 7.21. The van der Waals surface area contributed by atoms with E-state index in [1.165, 1.54) is 0 Å². The number of carbonyl (C=O) groups is 2. The van der Waals surface area contributed by atoms with Gasteiger partial charge in [-0.2, -0.15) is 0 Å². The largest absolute Gasteiger partial charge is 0.478 e. The first-order valence-electron chi connectivity index (χ1n) is 8.64. The van der Waals surface area contributed by atoms with Gasteiger partial charge in [0.05, 0.1) is 11.3 Å². The molecule has 130 valence electrons. The van der Waals surface area contributed by atoms with E-state index < -0.39 is 6.10 Å². The molecule has 1 aromatic carbocycles. The van der Waals surface area contributed by atoms with Gasteiger partial charge in [-0.15, -0.1) is 0 Å². The third-order valence-corrected chi connectivity index (χ3v) is 4.87. The van der Waals surface area contributed by atoms with Crippen molar-refractivity contribution in [3.8, 4) is 5.75 Å². The highest BCUT2D eigenvalue weighted by Gasteiger charge is 2.30. The first-order valence-corrected chi connectivity index (χ1v) is 8.64. The van der Waals surface area contributed by atoms with Crippen molar-refractivity contribution in [3.05, 3.63) is 23.8 Å². The minimum Gasteiger partial charge on any atom is -0.478 e. The maximum atomic E-state index is 12.9. The van der Waals surface area contributed by atoms with Crippen LogP contribution in [0.25, 0.3) is 0 Å². The fourth-order valence-corrected chi connectivity index (χ4v) is 3.34. The lowest BCUT2D eigenvalue weighted by atomic mass is 9.93. The first kappa shape index (κ1) is 16.8. The van der Waals surface area contributed by atoms with E-state index in [1.54, 1.807) is 25.1 Å². The SMILES string of the molecule is CNCCC1CCN(C(=O)c2cccc3c2OC(C)C(=O)N3)CC1. The predicted molar refractivity (Wildman–Crippen MR) is 92.3 cm³/mol. The molecular formula is C18H25N3O3. The number of piperidine rings is 1. The molecule has 0 spiro atoms. The molecule has 2 amide bonds. The van der Waals surface area contributed by atoms with Crippen LogP contribution in [-0.4, -0.2) is 49.5 Å². The Hall–Kier alpha value is -2.08. The Bertz CT molecular complexity index is 624. The second-order valence-electron chi connectivity index (χ2n) is 6.56. The molecular weight excluding hydrogens is 306 g/mol. The minimum absolute atomic E-state index is 0.0118. The molecule has 6 heteroatoms. The second-order valence-corrected chi connectivity index (χ2v) is 6.56. The van der Waals surface area contributed by atoms with Crippen LogP contribution in [0.3, 0.4) is 0 Å². The minimum atomic E-state index is -0.585. The average molecular weight is 331 g/mol. The van der Waals surface area contributed by atoms with Crippen molar-refractivity contribution in [3.63, 3.8) is 0 Å². The molecule has 1 atom stereocenters. The summed E-state index contributed by atoms with van der Waals surface area (Å²) >= 11 is 0. The lowest BCUT2D eigenvalue weighted by Crippen LogP contribution is -2.40. The van der Waals surface area contributed by atoms with E-state index in [0.29, 0.717) is 22.9 Å². The van der Waals surface area contributed by atoms with E-state index in [9.17, 15) is 9.59 Å². The Balaban J connectivity index is 1.71. The number of likely N-dealkylation sites (tertiary alicyclic amines) is 1. The van der Waals surface area contributed by atoms with Crippen LogP contribution in [0, 0.1) is 5.92 Å². The fourth-order valence-electron chi connectivity index (χ4n) is 3.34. The van der Waals surface area contributed by atoms with Crippen molar-refractivity contribution < 1.29 is 14.3 Å². The van der Waals surface area contributed by atoms with Crippen LogP contribution >= 0.6 is 0 Å². The fraction of sp³-hybridized carbons (Fsp3) is 0.556. The maximum absolute atomic E-state index is 12.9. The van der Waals surface area contributed by atoms with Gasteiger partial charge in [-0.25, -0.2) is 0 Å². The van der Waals surface area contributed by atoms with E-state index in [1.807, 2.05) is 11.9 Å². The van der Waals surface area contributed by atoms with Gasteiger partial charge in [0.2, 0.25) is 0 Å². The number of hydrogen-bond donors (Lipinski definition) is 2. The Morgan fingerprint density at radius 1 is 1.38 bits per heavy atom. The van der Waals surface area contributed by atoms with E-state index in [-0.39, 0.29) is 11.8 Å². The van der Waals surface area contributed by atoms with Crippen molar-refractivity contribution in [1.82, 2.24) is 10.2 Å². The molecule has 0 aromatic heterocycles. The molecule has 2 aliphatic heterocycles. The molecule has 2 N–H and O–H groups in total. The summed E-state index contributed by atoms with van der Waals surface area (Å²) in [5.41, 5.74) is 1.11. The predicted octanol–water partition coefficient (Wildman–Crippen LogP) is 1.87. The highest BCUT2D eigenvalue weighted by Crippen LogP contribution is 2.34. The van der Waals surface area contributed by atoms with Gasteiger partial charge in [-0.3, -0.25) is 9.59 Å². The monoisotopic (exact) mass is 331 g/mol. The Morgan fingerprint density at radius 3 is 2.83 bits per heavy atom. The number of hydrogen-bond acceptors (Lipinski definition) is 4. The van der Waals surface area contributed by atoms with Crippen LogP contribution in [-0.2, 0) is 4.79 Å². The lowest BCUT2D eigenvalue weighted by Gasteiger charge is -2.33. The van der Waals surface area contributed by atoms with Gasteiger partial charge >= 0.3 is 0 Å². The van der Waals surface area contributed by atoms with Crippen LogP contribution in [0.4, 0.5) is 5.69 Å². The Labute approximate surface area is 142 Å². The molecule has 1 saturated heterocycles. The molecule has 1 aromatic rings. The molecule has 3 rings (SSSR count). The summed E-state index contributed by atoms with van der Waals surface area (Å²) in [5, 5.41) is 5.98. The van der Waals surface area contributed by atoms with Crippen LogP contribution in [0.1, 0.15) is 36.5 Å². The number of ether oxygens (including phenoxy) is 1. The molecule has 24 heavy (non-hydrogen) atoms. The van der Waals surface area contributed by atoms with Gasteiger partial charge in [0.15, 0.2) is 11.9 Å². The summed E-state index contributed by atoms with van der Waals surface area (Å²) < 4.78 is 5.69. The number of fused-ring (bicyclic) bond motifs is 1. The molecule has 1 fully saturated rings. The Morgan fingerprint density at radius 2 is 2.12 bits per heavy atom. The number of amides is 2. The first-order chi connectivity index (χ1) is 11.6. The highest BCUT2D eigenvalue weighted by atomic mass is 16.5. The number of rotatable bonds is 4. The van der Waals surface area contributed by atoms with Crippen molar-refractivity contribution >= 4 is 17.5 Å². The molecule has 0 bridgehead atoms. The summed E-state index contributed by atoms with van der Waals surface area (Å²) in [7, 11) is 1.97. The highest BCUT2D eigenvalue weighted by molar-refractivity contribution is 6.04. The van der Waals surface area contributed by atoms with Crippen molar-refractivity contribution in [1.29, 1.82) is 0 Å². The third-order valence-electron chi connectivity index (χ3n) is 4.87. The zero-order chi connectivity index (χ0) is 17.1. The summed E-state index contributed by atoms with van der Waals surface area (Å²) in [6.07, 6.45) is 2.65. The topological polar surface area (TPSA) is 70.7 Å². The average Bonchev–Trinajstić information content (AvgIpc) is 2.60. The van der Waals surface area contributed by atoms with Gasteiger partial charge < -0.3 is 20.3 Å². The van der Waals surface area contributed by atoms with E-state index >= 15 is 0 Å². The lowest BCUT2D eigenvalue weighted by molar-refractivity contribution is -0.122. The standard InChI is InChI=1S/C18H25N3O3/c1-12-17(22)20-15-5-3-4-14(16(15)24-12)18(23)21-10-7-13(8-11-21)6-9-19-2/h3-5,12-13,19H,6-11H2,1-2H3,(H,20,22). The summed E-state index contributed by atoms with van der Waals surface area (Å²) in [6.45, 7) is 4.26. The normalized spacial score (nSPS) is 21.0. The third kappa shape index (κ3) is 3.38. The molecule has 2 heterocycles. The molecule has 0 saturated carbocycles. The molecule has 1 unspecified atom stereocenters. The molecule has 2 aliphatic rings. The number of nitrogens with one attached hydrogen (secondary N) is 2. The van der Waals surface area contributed by atoms with E-state index in [0.717, 1.165) is 38.9 Å². The van der Waals surface area contributed by atoms with E-state index in [4.69, 9.17) is 4.74 Å². The number of para-hydroxylation sites is 1. The van der Waals surface area contributed by atoms with Crippen LogP contribution in [0.15, 0.2) is 18.2 Å². The van der Waals surface area contributed by atoms with Crippen molar-refractivity contribution in [2.75, 3.05) is 32.0 Å². The van der Waals surface area contributed by atoms with Gasteiger partial charge in [0, 0.05) is 13.1 Å².